The molecule has 0 heterocycles. The van der Waals surface area contributed by atoms with E-state index >= 15 is 0 Å². The van der Waals surface area contributed by atoms with Crippen LogP contribution in [-0.4, -0.2) is 13.2 Å². The summed E-state index contributed by atoms with van der Waals surface area (Å²) in [4.78, 5) is 0. The minimum absolute atomic E-state index is 0.760. The van der Waals surface area contributed by atoms with E-state index in [0.29, 0.717) is 0 Å². The Morgan fingerprint density at radius 3 is 1.39 bits per heavy atom. The van der Waals surface area contributed by atoms with Gasteiger partial charge >= 0.3 is 0 Å². The first-order chi connectivity index (χ1) is 13.7. The Labute approximate surface area is 169 Å². The zero-order chi connectivity index (χ0) is 19.9. The van der Waals surface area contributed by atoms with Crippen LogP contribution in [0.25, 0.3) is 21.5 Å². The number of hydrogen-bond acceptors (Lipinski definition) is 2. The van der Waals surface area contributed by atoms with Crippen LogP contribution in [0.3, 0.4) is 0 Å². The van der Waals surface area contributed by atoms with Crippen LogP contribution in [0.15, 0.2) is 36.4 Å². The Hall–Kier alpha value is -2.22. The number of aryl methyl sites for hydroxylation is 2. The lowest BCUT2D eigenvalue weighted by Crippen LogP contribution is -2.02. The van der Waals surface area contributed by atoms with Crippen molar-refractivity contribution in [3.05, 3.63) is 47.5 Å². The molecule has 3 aromatic carbocycles. The maximum Gasteiger partial charge on any atom is 0.135 e. The first-order valence-electron chi connectivity index (χ1n) is 10.9. The van der Waals surface area contributed by atoms with Crippen molar-refractivity contribution in [2.24, 2.45) is 0 Å². The quantitative estimate of drug-likeness (QED) is 0.265. The molecule has 0 saturated carbocycles. The van der Waals surface area contributed by atoms with E-state index < -0.39 is 0 Å². The normalized spacial score (nSPS) is 11.3. The number of ether oxygens (including phenoxy) is 2. The average Bonchev–Trinajstić information content (AvgIpc) is 2.69. The third-order valence-electron chi connectivity index (χ3n) is 5.32. The number of fused-ring (bicyclic) bond motifs is 2. The monoisotopic (exact) mass is 378 g/mol. The summed E-state index contributed by atoms with van der Waals surface area (Å²) in [5.74, 6) is 2.01. The molecule has 0 amide bonds. The van der Waals surface area contributed by atoms with Crippen LogP contribution in [0.4, 0.5) is 0 Å². The van der Waals surface area contributed by atoms with Gasteiger partial charge in [0.1, 0.15) is 11.5 Å². The van der Waals surface area contributed by atoms with Gasteiger partial charge in [-0.1, -0.05) is 74.9 Å². The summed E-state index contributed by atoms with van der Waals surface area (Å²) in [5.41, 5.74) is 2.49. The summed E-state index contributed by atoms with van der Waals surface area (Å²) >= 11 is 0. The molecular formula is C26H34O2. The molecule has 0 atom stereocenters. The number of unbranched alkanes of at least 4 members (excludes halogenated alkanes) is 4. The molecule has 0 spiro atoms. The molecule has 0 aliphatic heterocycles. The van der Waals surface area contributed by atoms with E-state index in [1.165, 1.54) is 47.6 Å². The van der Waals surface area contributed by atoms with Crippen molar-refractivity contribution in [1.29, 1.82) is 0 Å². The standard InChI is InChI=1S/C26H34O2/c1-5-7-9-15-27-25-21-13-11-20(4)18-24(21)26(28-16-10-8-6-2)22-14-12-19(3)17-23(22)25/h11-14,17-18H,5-10,15-16H2,1-4H3. The lowest BCUT2D eigenvalue weighted by Gasteiger charge is -2.19. The maximum absolute atomic E-state index is 6.37. The van der Waals surface area contributed by atoms with Crippen LogP contribution >= 0.6 is 0 Å². The third kappa shape index (κ3) is 4.60. The van der Waals surface area contributed by atoms with E-state index in [2.05, 4.69) is 64.1 Å². The predicted octanol–water partition coefficient (Wildman–Crippen LogP) is 7.75. The molecule has 2 nitrogen and oxygen atoms in total. The van der Waals surface area contributed by atoms with Crippen molar-refractivity contribution in [3.63, 3.8) is 0 Å². The number of benzene rings is 3. The second kappa shape index (κ2) is 9.82. The molecule has 3 aromatic rings. The molecule has 0 fully saturated rings. The average molecular weight is 379 g/mol. The minimum Gasteiger partial charge on any atom is -0.492 e. The van der Waals surface area contributed by atoms with Gasteiger partial charge in [-0.05, 0) is 38.8 Å². The highest BCUT2D eigenvalue weighted by Crippen LogP contribution is 2.43. The largest absolute Gasteiger partial charge is 0.492 e. The third-order valence-corrected chi connectivity index (χ3v) is 5.32. The van der Waals surface area contributed by atoms with Crippen molar-refractivity contribution in [1.82, 2.24) is 0 Å². The topological polar surface area (TPSA) is 18.5 Å². The van der Waals surface area contributed by atoms with Gasteiger partial charge in [-0.2, -0.15) is 0 Å². The summed E-state index contributed by atoms with van der Waals surface area (Å²) in [6.07, 6.45) is 6.99. The van der Waals surface area contributed by atoms with Crippen molar-refractivity contribution in [2.45, 2.75) is 66.2 Å². The fourth-order valence-electron chi connectivity index (χ4n) is 3.74. The first-order valence-corrected chi connectivity index (χ1v) is 10.9. The molecular weight excluding hydrogens is 344 g/mol. The highest BCUT2D eigenvalue weighted by molar-refractivity contribution is 6.11. The van der Waals surface area contributed by atoms with Gasteiger partial charge in [0.05, 0.1) is 13.2 Å². The predicted molar refractivity (Wildman–Crippen MR) is 121 cm³/mol. The van der Waals surface area contributed by atoms with Gasteiger partial charge in [-0.3, -0.25) is 0 Å². The maximum atomic E-state index is 6.37. The molecule has 3 rings (SSSR count). The van der Waals surface area contributed by atoms with E-state index in [1.807, 2.05) is 0 Å². The van der Waals surface area contributed by atoms with E-state index in [0.717, 1.165) is 48.3 Å². The van der Waals surface area contributed by atoms with Crippen molar-refractivity contribution < 1.29 is 9.47 Å². The van der Waals surface area contributed by atoms with Crippen LogP contribution in [0.5, 0.6) is 11.5 Å². The fraction of sp³-hybridized carbons (Fsp3) is 0.462. The van der Waals surface area contributed by atoms with Gasteiger partial charge in [-0.25, -0.2) is 0 Å². The Balaban J connectivity index is 2.13. The minimum atomic E-state index is 0.760. The van der Waals surface area contributed by atoms with E-state index in [-0.39, 0.29) is 0 Å². The molecule has 0 aromatic heterocycles. The summed E-state index contributed by atoms with van der Waals surface area (Å²) < 4.78 is 12.7. The Bertz CT molecular complexity index is 849. The molecule has 28 heavy (non-hydrogen) atoms. The highest BCUT2D eigenvalue weighted by Gasteiger charge is 2.16. The second-order valence-electron chi connectivity index (χ2n) is 7.87. The first kappa shape index (κ1) is 20.5. The van der Waals surface area contributed by atoms with E-state index in [1.54, 1.807) is 0 Å². The molecule has 0 saturated heterocycles. The lowest BCUT2D eigenvalue weighted by atomic mass is 9.97. The summed E-state index contributed by atoms with van der Waals surface area (Å²) in [5, 5.41) is 4.65. The van der Waals surface area contributed by atoms with E-state index in [4.69, 9.17) is 9.47 Å². The Morgan fingerprint density at radius 2 is 1.00 bits per heavy atom. The fourth-order valence-corrected chi connectivity index (χ4v) is 3.74. The SMILES string of the molecule is CCCCCOc1c2ccc(C)cc2c(OCCCCC)c2ccc(C)cc12. The molecule has 0 N–H and O–H groups in total. The second-order valence-corrected chi connectivity index (χ2v) is 7.87. The van der Waals surface area contributed by atoms with Gasteiger partial charge < -0.3 is 9.47 Å². The molecule has 0 unspecified atom stereocenters. The van der Waals surface area contributed by atoms with Gasteiger partial charge in [0, 0.05) is 21.5 Å². The van der Waals surface area contributed by atoms with Gasteiger partial charge in [0.15, 0.2) is 0 Å². The lowest BCUT2D eigenvalue weighted by molar-refractivity contribution is 0.308. The van der Waals surface area contributed by atoms with Crippen LogP contribution < -0.4 is 9.47 Å². The Kier molecular flexibility index (Phi) is 7.19. The Morgan fingerprint density at radius 1 is 0.571 bits per heavy atom. The molecule has 0 radical (unpaired) electrons. The zero-order valence-corrected chi connectivity index (χ0v) is 17.9. The summed E-state index contributed by atoms with van der Waals surface area (Å²) in [6, 6.07) is 13.2. The smallest absolute Gasteiger partial charge is 0.135 e. The zero-order valence-electron chi connectivity index (χ0n) is 17.9. The number of rotatable bonds is 10. The van der Waals surface area contributed by atoms with Crippen LogP contribution in [0.1, 0.15) is 63.5 Å². The van der Waals surface area contributed by atoms with Crippen LogP contribution in [0.2, 0.25) is 0 Å². The van der Waals surface area contributed by atoms with Crippen molar-refractivity contribution >= 4 is 21.5 Å². The van der Waals surface area contributed by atoms with Crippen LogP contribution in [0, 0.1) is 13.8 Å². The molecule has 0 bridgehead atoms. The summed E-state index contributed by atoms with van der Waals surface area (Å²) in [6.45, 7) is 10.2. The van der Waals surface area contributed by atoms with Gasteiger partial charge in [0.25, 0.3) is 0 Å². The van der Waals surface area contributed by atoms with Gasteiger partial charge in [-0.15, -0.1) is 0 Å². The van der Waals surface area contributed by atoms with Crippen LogP contribution in [-0.2, 0) is 0 Å². The number of hydrogen-bond donors (Lipinski definition) is 0. The summed E-state index contributed by atoms with van der Waals surface area (Å²) in [7, 11) is 0. The highest BCUT2D eigenvalue weighted by atomic mass is 16.5. The molecule has 0 aliphatic carbocycles. The molecule has 150 valence electrons. The molecule has 0 aliphatic rings. The van der Waals surface area contributed by atoms with Crippen molar-refractivity contribution in [3.8, 4) is 11.5 Å². The van der Waals surface area contributed by atoms with Crippen molar-refractivity contribution in [2.75, 3.05) is 13.2 Å². The van der Waals surface area contributed by atoms with Gasteiger partial charge in [0.2, 0.25) is 0 Å². The van der Waals surface area contributed by atoms with E-state index in [9.17, 15) is 0 Å². The molecule has 2 heteroatoms.